The molecule has 26 heavy (non-hydrogen) atoms. The van der Waals surface area contributed by atoms with E-state index in [1.165, 1.54) is 0 Å². The van der Waals surface area contributed by atoms with Gasteiger partial charge in [0.15, 0.2) is 11.5 Å². The Hall–Kier alpha value is -2.53. The van der Waals surface area contributed by atoms with Gasteiger partial charge in [0.1, 0.15) is 18.8 Å². The van der Waals surface area contributed by atoms with Crippen LogP contribution in [0.25, 0.3) is 0 Å². The molecule has 136 valence electrons. The molecular weight excluding hydrogens is 328 g/mol. The molecule has 0 unspecified atom stereocenters. The van der Waals surface area contributed by atoms with Crippen LogP contribution in [0.3, 0.4) is 0 Å². The zero-order valence-electron chi connectivity index (χ0n) is 14.8. The zero-order chi connectivity index (χ0) is 17.8. The topological polar surface area (TPSA) is 50.8 Å². The van der Waals surface area contributed by atoms with E-state index >= 15 is 0 Å². The summed E-state index contributed by atoms with van der Waals surface area (Å²) in [5.41, 5.74) is 1.04. The van der Waals surface area contributed by atoms with Gasteiger partial charge in [-0.25, -0.2) is 0 Å². The minimum absolute atomic E-state index is 0.0283. The molecule has 2 aromatic carbocycles. The molecule has 5 nitrogen and oxygen atoms in total. The minimum atomic E-state index is -0.240. The highest BCUT2D eigenvalue weighted by Crippen LogP contribution is 2.31. The van der Waals surface area contributed by atoms with Crippen LogP contribution in [0.4, 0.5) is 0 Å². The number of fused-ring (bicyclic) bond motifs is 1. The largest absolute Gasteiger partial charge is 0.486 e. The number of carbonyl (C=O) groups is 1. The summed E-state index contributed by atoms with van der Waals surface area (Å²) < 4.78 is 11.7. The van der Waals surface area contributed by atoms with E-state index in [4.69, 9.17) is 9.47 Å². The van der Waals surface area contributed by atoms with Crippen LogP contribution in [0.15, 0.2) is 54.6 Å². The van der Waals surface area contributed by atoms with Crippen LogP contribution in [0.1, 0.15) is 24.4 Å². The van der Waals surface area contributed by atoms with Crippen LogP contribution < -0.4 is 14.8 Å². The lowest BCUT2D eigenvalue weighted by molar-refractivity contribution is -0.126. The molecule has 2 aromatic rings. The lowest BCUT2D eigenvalue weighted by Gasteiger charge is -2.29. The standard InChI is InChI=1S/C21H24N2O3/c24-21(20(23-12-6-7-13-23)16-8-2-1-3-9-16)22-14-17-15-25-18-10-4-5-11-19(18)26-17/h1-5,8-11,17,20H,6-7,12-15H2,(H,22,24)/t17-,20+/m1/s1. The second-order valence-electron chi connectivity index (χ2n) is 6.80. The van der Waals surface area contributed by atoms with E-state index < -0.39 is 0 Å². The van der Waals surface area contributed by atoms with Crippen molar-refractivity contribution < 1.29 is 14.3 Å². The zero-order valence-corrected chi connectivity index (χ0v) is 14.8. The van der Waals surface area contributed by atoms with Gasteiger partial charge >= 0.3 is 0 Å². The summed E-state index contributed by atoms with van der Waals surface area (Å²) >= 11 is 0. The van der Waals surface area contributed by atoms with E-state index in [2.05, 4.69) is 10.2 Å². The van der Waals surface area contributed by atoms with Gasteiger partial charge in [0.25, 0.3) is 0 Å². The van der Waals surface area contributed by atoms with Gasteiger partial charge in [-0.1, -0.05) is 42.5 Å². The molecule has 0 saturated carbocycles. The van der Waals surface area contributed by atoms with Gasteiger partial charge in [-0.3, -0.25) is 9.69 Å². The fourth-order valence-corrected chi connectivity index (χ4v) is 3.64. The van der Waals surface area contributed by atoms with E-state index in [0.29, 0.717) is 13.2 Å². The van der Waals surface area contributed by atoms with Crippen molar-refractivity contribution in [2.75, 3.05) is 26.2 Å². The summed E-state index contributed by atoms with van der Waals surface area (Å²) in [5.74, 6) is 1.52. The number of rotatable bonds is 5. The quantitative estimate of drug-likeness (QED) is 0.899. The predicted molar refractivity (Wildman–Crippen MR) is 99.4 cm³/mol. The lowest BCUT2D eigenvalue weighted by Crippen LogP contribution is -2.45. The van der Waals surface area contributed by atoms with Crippen molar-refractivity contribution in [2.24, 2.45) is 0 Å². The molecule has 1 N–H and O–H groups in total. The Bertz CT molecular complexity index is 744. The smallest absolute Gasteiger partial charge is 0.242 e. The summed E-state index contributed by atoms with van der Waals surface area (Å²) in [7, 11) is 0. The number of hydrogen-bond donors (Lipinski definition) is 1. The third-order valence-electron chi connectivity index (χ3n) is 4.94. The maximum atomic E-state index is 13.0. The van der Waals surface area contributed by atoms with Gasteiger partial charge in [-0.05, 0) is 43.6 Å². The number of nitrogens with zero attached hydrogens (tertiary/aromatic N) is 1. The van der Waals surface area contributed by atoms with Crippen molar-refractivity contribution >= 4 is 5.91 Å². The van der Waals surface area contributed by atoms with Crippen LogP contribution in [-0.2, 0) is 4.79 Å². The molecule has 1 saturated heterocycles. The number of hydrogen-bond acceptors (Lipinski definition) is 4. The Balaban J connectivity index is 1.41. The normalized spacial score (nSPS) is 20.5. The van der Waals surface area contributed by atoms with Crippen LogP contribution in [0.5, 0.6) is 11.5 Å². The van der Waals surface area contributed by atoms with Gasteiger partial charge < -0.3 is 14.8 Å². The van der Waals surface area contributed by atoms with Gasteiger partial charge in [0, 0.05) is 0 Å². The monoisotopic (exact) mass is 352 g/mol. The maximum absolute atomic E-state index is 13.0. The van der Waals surface area contributed by atoms with Crippen molar-refractivity contribution in [2.45, 2.75) is 25.0 Å². The van der Waals surface area contributed by atoms with Crippen molar-refractivity contribution in [3.63, 3.8) is 0 Å². The molecule has 0 radical (unpaired) electrons. The first kappa shape index (κ1) is 16.9. The van der Waals surface area contributed by atoms with Crippen LogP contribution in [-0.4, -0.2) is 43.2 Å². The number of carbonyl (C=O) groups excluding carboxylic acids is 1. The number of amides is 1. The van der Waals surface area contributed by atoms with E-state index in [0.717, 1.165) is 43.0 Å². The third kappa shape index (κ3) is 3.68. The summed E-state index contributed by atoms with van der Waals surface area (Å²) in [6.45, 7) is 2.80. The predicted octanol–water partition coefficient (Wildman–Crippen LogP) is 2.78. The van der Waals surface area contributed by atoms with Gasteiger partial charge in [0.05, 0.1) is 6.54 Å². The van der Waals surface area contributed by atoms with E-state index in [9.17, 15) is 4.79 Å². The molecule has 2 heterocycles. The first-order valence-corrected chi connectivity index (χ1v) is 9.26. The van der Waals surface area contributed by atoms with Crippen molar-refractivity contribution in [3.8, 4) is 11.5 Å². The molecule has 1 amide bonds. The number of nitrogens with one attached hydrogen (secondary N) is 1. The van der Waals surface area contributed by atoms with E-state index in [-0.39, 0.29) is 18.1 Å². The molecule has 1 fully saturated rings. The van der Waals surface area contributed by atoms with Crippen molar-refractivity contribution in [3.05, 3.63) is 60.2 Å². The first-order valence-electron chi connectivity index (χ1n) is 9.26. The summed E-state index contributed by atoms with van der Waals surface area (Å²) in [6.07, 6.45) is 2.11. The fraction of sp³-hybridized carbons (Fsp3) is 0.381. The molecule has 0 spiro atoms. The second-order valence-corrected chi connectivity index (χ2v) is 6.80. The molecule has 0 bridgehead atoms. The van der Waals surface area contributed by atoms with Crippen molar-refractivity contribution in [1.82, 2.24) is 10.2 Å². The highest BCUT2D eigenvalue weighted by Gasteiger charge is 2.30. The summed E-state index contributed by atoms with van der Waals surface area (Å²) in [4.78, 5) is 15.2. The maximum Gasteiger partial charge on any atom is 0.242 e. The van der Waals surface area contributed by atoms with Crippen LogP contribution in [0.2, 0.25) is 0 Å². The minimum Gasteiger partial charge on any atom is -0.486 e. The Morgan fingerprint density at radius 2 is 1.73 bits per heavy atom. The fourth-order valence-electron chi connectivity index (χ4n) is 3.64. The van der Waals surface area contributed by atoms with Crippen LogP contribution >= 0.6 is 0 Å². The lowest BCUT2D eigenvalue weighted by atomic mass is 10.0. The first-order chi connectivity index (χ1) is 12.8. The highest BCUT2D eigenvalue weighted by molar-refractivity contribution is 5.83. The van der Waals surface area contributed by atoms with Gasteiger partial charge in [0.2, 0.25) is 5.91 Å². The average Bonchev–Trinajstić information content (AvgIpc) is 3.21. The van der Waals surface area contributed by atoms with Gasteiger partial charge in [-0.15, -0.1) is 0 Å². The Labute approximate surface area is 153 Å². The number of benzene rings is 2. The Morgan fingerprint density at radius 1 is 1.04 bits per heavy atom. The van der Waals surface area contributed by atoms with Crippen molar-refractivity contribution in [1.29, 1.82) is 0 Å². The average molecular weight is 352 g/mol. The molecule has 5 heteroatoms. The highest BCUT2D eigenvalue weighted by atomic mass is 16.6. The van der Waals surface area contributed by atoms with Gasteiger partial charge in [-0.2, -0.15) is 0 Å². The molecule has 0 aromatic heterocycles. The summed E-state index contributed by atoms with van der Waals surface area (Å²) in [6, 6.07) is 17.4. The van der Waals surface area contributed by atoms with Crippen LogP contribution in [0, 0.1) is 0 Å². The Morgan fingerprint density at radius 3 is 2.50 bits per heavy atom. The molecule has 2 aliphatic rings. The summed E-state index contributed by atoms with van der Waals surface area (Å²) in [5, 5.41) is 3.07. The molecule has 0 aliphatic carbocycles. The van der Waals surface area contributed by atoms with E-state index in [1.54, 1.807) is 0 Å². The molecule has 2 aliphatic heterocycles. The van der Waals surface area contributed by atoms with E-state index in [1.807, 2.05) is 54.6 Å². The molecule has 4 rings (SSSR count). The number of likely N-dealkylation sites (tertiary alicyclic amines) is 1. The Kier molecular flexibility index (Phi) is 5.07. The number of ether oxygens (including phenoxy) is 2. The third-order valence-corrected chi connectivity index (χ3v) is 4.94. The number of para-hydroxylation sites is 2. The second kappa shape index (κ2) is 7.79. The molecular formula is C21H24N2O3. The SMILES string of the molecule is O=C(NC[C@@H]1COc2ccccc2O1)[C@H](c1ccccc1)N1CCCC1. The molecule has 2 atom stereocenters.